The lowest BCUT2D eigenvalue weighted by Gasteiger charge is -2.12. The molecule has 1 aliphatic rings. The van der Waals surface area contributed by atoms with Gasteiger partial charge in [-0.05, 0) is 35.9 Å². The number of nitrogens with one attached hydrogen (secondary N) is 2. The van der Waals surface area contributed by atoms with E-state index in [2.05, 4.69) is 15.5 Å². The molecule has 0 saturated heterocycles. The zero-order chi connectivity index (χ0) is 18.8. The van der Waals surface area contributed by atoms with Crippen LogP contribution in [0.25, 0.3) is 11.3 Å². The van der Waals surface area contributed by atoms with Gasteiger partial charge < -0.3 is 19.9 Å². The third-order valence-electron chi connectivity index (χ3n) is 4.53. The van der Waals surface area contributed by atoms with Crippen molar-refractivity contribution in [1.29, 1.82) is 0 Å². The van der Waals surface area contributed by atoms with Crippen LogP contribution in [0, 0.1) is 0 Å². The number of halogens is 1. The number of H-pyrrole nitrogens is 1. The van der Waals surface area contributed by atoms with Gasteiger partial charge in [-0.15, -0.1) is 0 Å². The molecule has 0 radical (unpaired) electrons. The van der Waals surface area contributed by atoms with Crippen LogP contribution in [-0.4, -0.2) is 35.6 Å². The molecule has 0 aliphatic heterocycles. The topological polar surface area (TPSA) is 79.4 Å². The van der Waals surface area contributed by atoms with Gasteiger partial charge in [-0.2, -0.15) is 5.10 Å². The Bertz CT molecular complexity index is 971. The van der Waals surface area contributed by atoms with E-state index >= 15 is 0 Å². The second-order valence-electron chi connectivity index (χ2n) is 6.32. The second-order valence-corrected chi connectivity index (χ2v) is 6.76. The lowest BCUT2D eigenvalue weighted by atomic mass is 10.1. The maximum Gasteiger partial charge on any atom is 0.161 e. The second kappa shape index (κ2) is 7.50. The average Bonchev–Trinajstić information content (AvgIpc) is 3.21. The Morgan fingerprint density at radius 2 is 2.15 bits per heavy atom. The number of ether oxygens (including phenoxy) is 2. The van der Waals surface area contributed by atoms with Crippen LogP contribution in [0.3, 0.4) is 0 Å². The molecule has 7 heteroatoms. The maximum absolute atomic E-state index is 8.95. The third-order valence-corrected chi connectivity index (χ3v) is 4.77. The molecular weight excluding hydrogens is 366 g/mol. The average molecular weight is 386 g/mol. The highest BCUT2D eigenvalue weighted by Crippen LogP contribution is 2.44. The maximum atomic E-state index is 8.95. The van der Waals surface area contributed by atoms with E-state index in [4.69, 9.17) is 26.2 Å². The van der Waals surface area contributed by atoms with Gasteiger partial charge in [-0.1, -0.05) is 17.7 Å². The van der Waals surface area contributed by atoms with E-state index in [0.717, 1.165) is 40.3 Å². The molecule has 0 fully saturated rings. The molecule has 6 nitrogen and oxygen atoms in total. The third kappa shape index (κ3) is 3.46. The summed E-state index contributed by atoms with van der Waals surface area (Å²) < 4.78 is 11.2. The lowest BCUT2D eigenvalue weighted by Crippen LogP contribution is -2.02. The number of benzene rings is 2. The van der Waals surface area contributed by atoms with Gasteiger partial charge in [0.1, 0.15) is 5.82 Å². The zero-order valence-electron chi connectivity index (χ0n) is 14.9. The number of aliphatic hydroxyl groups excluding tert-OH is 1. The predicted molar refractivity (Wildman–Crippen MR) is 105 cm³/mol. The van der Waals surface area contributed by atoms with E-state index in [1.165, 1.54) is 0 Å². The summed E-state index contributed by atoms with van der Waals surface area (Å²) >= 11 is 6.07. The molecule has 0 amide bonds. The molecule has 2 aromatic carbocycles. The summed E-state index contributed by atoms with van der Waals surface area (Å²) in [6, 6.07) is 11.5. The summed E-state index contributed by atoms with van der Waals surface area (Å²) in [4.78, 5) is 0. The summed E-state index contributed by atoms with van der Waals surface area (Å²) in [5, 5.41) is 20.5. The van der Waals surface area contributed by atoms with E-state index in [-0.39, 0.29) is 6.61 Å². The fourth-order valence-electron chi connectivity index (χ4n) is 3.25. The van der Waals surface area contributed by atoms with Crippen molar-refractivity contribution in [2.24, 2.45) is 0 Å². The normalized spacial score (nSPS) is 11.8. The van der Waals surface area contributed by atoms with Crippen LogP contribution in [0.2, 0.25) is 5.02 Å². The van der Waals surface area contributed by atoms with Crippen LogP contribution in [0.4, 0.5) is 11.5 Å². The minimum atomic E-state index is 0.0984. The van der Waals surface area contributed by atoms with Crippen LogP contribution < -0.4 is 14.8 Å². The number of hydrogen-bond donors (Lipinski definition) is 3. The number of methoxy groups -OCH3 is 1. The number of aliphatic hydroxyl groups is 1. The Kier molecular flexibility index (Phi) is 4.92. The molecular formula is C20H20ClN3O3. The van der Waals surface area contributed by atoms with Crippen molar-refractivity contribution >= 4 is 23.1 Å². The first-order chi connectivity index (χ1) is 13.2. The van der Waals surface area contributed by atoms with Crippen molar-refractivity contribution in [3.05, 3.63) is 52.5 Å². The largest absolute Gasteiger partial charge is 0.493 e. The summed E-state index contributed by atoms with van der Waals surface area (Å²) in [6.45, 7) is 0.541. The van der Waals surface area contributed by atoms with Crippen molar-refractivity contribution in [3.63, 3.8) is 0 Å². The quantitative estimate of drug-likeness (QED) is 0.416. The zero-order valence-corrected chi connectivity index (χ0v) is 15.6. The SMILES string of the molecule is COc1cc2c(cc1OCCCO)Cc1c-2n[nH]c1Nc1cccc(Cl)c1. The van der Waals surface area contributed by atoms with Crippen LogP contribution in [0.15, 0.2) is 36.4 Å². The van der Waals surface area contributed by atoms with Crippen LogP contribution in [0.1, 0.15) is 17.5 Å². The van der Waals surface area contributed by atoms with Crippen molar-refractivity contribution < 1.29 is 14.6 Å². The number of aromatic amines is 1. The Balaban J connectivity index is 1.62. The smallest absolute Gasteiger partial charge is 0.161 e. The van der Waals surface area contributed by atoms with Gasteiger partial charge >= 0.3 is 0 Å². The fraction of sp³-hybridized carbons (Fsp3) is 0.250. The van der Waals surface area contributed by atoms with Crippen LogP contribution >= 0.6 is 11.6 Å². The molecule has 3 aromatic rings. The Morgan fingerprint density at radius 3 is 2.93 bits per heavy atom. The van der Waals surface area contributed by atoms with E-state index in [1.807, 2.05) is 36.4 Å². The minimum absolute atomic E-state index is 0.0984. The van der Waals surface area contributed by atoms with Crippen molar-refractivity contribution in [2.45, 2.75) is 12.8 Å². The lowest BCUT2D eigenvalue weighted by molar-refractivity contribution is 0.228. The Morgan fingerprint density at radius 1 is 1.26 bits per heavy atom. The molecule has 3 N–H and O–H groups in total. The monoisotopic (exact) mass is 385 g/mol. The summed E-state index contributed by atoms with van der Waals surface area (Å²) in [7, 11) is 1.62. The molecule has 1 aliphatic carbocycles. The van der Waals surface area contributed by atoms with Gasteiger partial charge in [0.15, 0.2) is 11.5 Å². The molecule has 1 aromatic heterocycles. The van der Waals surface area contributed by atoms with E-state index < -0.39 is 0 Å². The number of anilines is 2. The summed E-state index contributed by atoms with van der Waals surface area (Å²) in [5.41, 5.74) is 5.08. The standard InChI is InChI=1S/C20H20ClN3O3/c1-26-17-11-15-12(9-18(17)27-7-3-6-25)8-16-19(15)23-24-20(16)22-14-5-2-4-13(21)10-14/h2,4-5,9-11,25H,3,6-8H2,1H3,(H2,22,23,24). The van der Waals surface area contributed by atoms with Crippen LogP contribution in [-0.2, 0) is 6.42 Å². The fourth-order valence-corrected chi connectivity index (χ4v) is 3.44. The van der Waals surface area contributed by atoms with Gasteiger partial charge in [0, 0.05) is 41.3 Å². The highest BCUT2D eigenvalue weighted by Gasteiger charge is 2.27. The first-order valence-corrected chi connectivity index (χ1v) is 9.12. The molecule has 0 spiro atoms. The molecule has 1 heterocycles. The van der Waals surface area contributed by atoms with Crippen molar-refractivity contribution in [2.75, 3.05) is 25.6 Å². The molecule has 4 rings (SSSR count). The summed E-state index contributed by atoms with van der Waals surface area (Å²) in [6.07, 6.45) is 1.32. The van der Waals surface area contributed by atoms with E-state index in [1.54, 1.807) is 7.11 Å². The van der Waals surface area contributed by atoms with E-state index in [9.17, 15) is 0 Å². The molecule has 27 heavy (non-hydrogen) atoms. The van der Waals surface area contributed by atoms with Gasteiger partial charge in [-0.3, -0.25) is 5.10 Å². The van der Waals surface area contributed by atoms with Crippen LogP contribution in [0.5, 0.6) is 11.5 Å². The molecule has 140 valence electrons. The first-order valence-electron chi connectivity index (χ1n) is 8.74. The van der Waals surface area contributed by atoms with Gasteiger partial charge in [-0.25, -0.2) is 0 Å². The Labute approximate surface area is 162 Å². The first kappa shape index (κ1) is 17.7. The van der Waals surface area contributed by atoms with Crippen molar-refractivity contribution in [3.8, 4) is 22.8 Å². The number of fused-ring (bicyclic) bond motifs is 3. The Hall–Kier alpha value is -2.70. The highest BCUT2D eigenvalue weighted by molar-refractivity contribution is 6.30. The highest BCUT2D eigenvalue weighted by atomic mass is 35.5. The van der Waals surface area contributed by atoms with E-state index in [0.29, 0.717) is 29.5 Å². The molecule has 0 atom stereocenters. The molecule has 0 bridgehead atoms. The van der Waals surface area contributed by atoms with Gasteiger partial charge in [0.05, 0.1) is 19.4 Å². The minimum Gasteiger partial charge on any atom is -0.493 e. The molecule has 0 unspecified atom stereocenters. The number of aromatic nitrogens is 2. The number of rotatable bonds is 7. The number of hydrogen-bond acceptors (Lipinski definition) is 5. The van der Waals surface area contributed by atoms with Gasteiger partial charge in [0.25, 0.3) is 0 Å². The molecule has 0 saturated carbocycles. The van der Waals surface area contributed by atoms with Gasteiger partial charge in [0.2, 0.25) is 0 Å². The van der Waals surface area contributed by atoms with Crippen molar-refractivity contribution in [1.82, 2.24) is 10.2 Å². The number of nitrogens with zero attached hydrogens (tertiary/aromatic N) is 1. The predicted octanol–water partition coefficient (Wildman–Crippen LogP) is 4.15. The summed E-state index contributed by atoms with van der Waals surface area (Å²) in [5.74, 6) is 2.19.